The molecule has 21 heavy (non-hydrogen) atoms. The van der Waals surface area contributed by atoms with E-state index >= 15 is 0 Å². The quantitative estimate of drug-likeness (QED) is 0.628. The van der Waals surface area contributed by atoms with E-state index in [9.17, 15) is 0 Å². The number of hydrogen-bond acceptors (Lipinski definition) is 3. The van der Waals surface area contributed by atoms with Gasteiger partial charge in [0.05, 0.1) is 18.1 Å². The van der Waals surface area contributed by atoms with Crippen LogP contribution in [0.3, 0.4) is 0 Å². The van der Waals surface area contributed by atoms with Gasteiger partial charge in [0.1, 0.15) is 5.75 Å². The lowest BCUT2D eigenvalue weighted by Crippen LogP contribution is -2.36. The van der Waals surface area contributed by atoms with Crippen molar-refractivity contribution in [2.75, 3.05) is 14.2 Å². The number of thiophene rings is 1. The lowest BCUT2D eigenvalue weighted by molar-refractivity contribution is 0.412. The first-order valence-electron chi connectivity index (χ1n) is 6.52. The van der Waals surface area contributed by atoms with Gasteiger partial charge in [-0.3, -0.25) is 4.99 Å². The number of methoxy groups -OCH3 is 1. The second-order valence-corrected chi connectivity index (χ2v) is 6.21. The van der Waals surface area contributed by atoms with Gasteiger partial charge < -0.3 is 15.4 Å². The highest BCUT2D eigenvalue weighted by Gasteiger charge is 2.03. The topological polar surface area (TPSA) is 45.7 Å². The van der Waals surface area contributed by atoms with Crippen LogP contribution < -0.4 is 15.4 Å². The molecule has 6 heteroatoms. The fourth-order valence-corrected chi connectivity index (χ4v) is 3.04. The van der Waals surface area contributed by atoms with Gasteiger partial charge in [0.2, 0.25) is 0 Å². The summed E-state index contributed by atoms with van der Waals surface area (Å²) in [7, 11) is 3.43. The van der Waals surface area contributed by atoms with Crippen LogP contribution in [-0.2, 0) is 13.1 Å². The van der Waals surface area contributed by atoms with E-state index in [0.29, 0.717) is 6.54 Å². The number of aliphatic imine (C=N–C) groups is 1. The van der Waals surface area contributed by atoms with Crippen molar-refractivity contribution in [1.29, 1.82) is 0 Å². The molecule has 0 fully saturated rings. The second-order valence-electron chi connectivity index (χ2n) is 4.33. The Kier molecular flexibility index (Phi) is 6.07. The number of rotatable bonds is 5. The minimum Gasteiger partial charge on any atom is -0.496 e. The maximum absolute atomic E-state index is 5.22. The molecule has 0 saturated heterocycles. The van der Waals surface area contributed by atoms with Crippen LogP contribution in [0.4, 0.5) is 0 Å². The molecule has 1 aromatic carbocycles. The fourth-order valence-electron chi connectivity index (χ4n) is 1.81. The van der Waals surface area contributed by atoms with E-state index in [1.54, 1.807) is 25.5 Å². The van der Waals surface area contributed by atoms with E-state index in [2.05, 4.69) is 43.0 Å². The summed E-state index contributed by atoms with van der Waals surface area (Å²) in [5.74, 6) is 1.62. The monoisotopic (exact) mass is 367 g/mol. The summed E-state index contributed by atoms with van der Waals surface area (Å²) in [6.45, 7) is 1.48. The first-order valence-corrected chi connectivity index (χ1v) is 8.19. The van der Waals surface area contributed by atoms with Gasteiger partial charge in [-0.05, 0) is 45.1 Å². The highest BCUT2D eigenvalue weighted by atomic mass is 79.9. The summed E-state index contributed by atoms with van der Waals surface area (Å²) < 4.78 is 6.17. The van der Waals surface area contributed by atoms with E-state index in [4.69, 9.17) is 4.74 Å². The molecule has 0 aliphatic carbocycles. The summed E-state index contributed by atoms with van der Waals surface area (Å²) in [5.41, 5.74) is 1.15. The highest BCUT2D eigenvalue weighted by molar-refractivity contribution is 9.10. The standard InChI is InChI=1S/C15H18BrN3OS/c1-17-15(19-10-12-4-3-7-21-12)18-9-11-5-6-14(20-2)13(16)8-11/h3-8H,9-10H2,1-2H3,(H2,17,18,19). The maximum Gasteiger partial charge on any atom is 0.191 e. The highest BCUT2D eigenvalue weighted by Crippen LogP contribution is 2.25. The predicted octanol–water partition coefficient (Wildman–Crippen LogP) is 3.38. The van der Waals surface area contributed by atoms with E-state index in [1.165, 1.54) is 4.88 Å². The van der Waals surface area contributed by atoms with E-state index < -0.39 is 0 Å². The van der Waals surface area contributed by atoms with Crippen LogP contribution in [-0.4, -0.2) is 20.1 Å². The Labute approximate surface area is 137 Å². The Hall–Kier alpha value is -1.53. The summed E-state index contributed by atoms with van der Waals surface area (Å²) in [5, 5.41) is 8.66. The van der Waals surface area contributed by atoms with Gasteiger partial charge in [0, 0.05) is 18.5 Å². The van der Waals surface area contributed by atoms with Crippen LogP contribution in [0.15, 0.2) is 45.2 Å². The van der Waals surface area contributed by atoms with Crippen molar-refractivity contribution < 1.29 is 4.74 Å². The van der Waals surface area contributed by atoms with Crippen molar-refractivity contribution in [2.45, 2.75) is 13.1 Å². The van der Waals surface area contributed by atoms with Gasteiger partial charge >= 0.3 is 0 Å². The first-order chi connectivity index (χ1) is 10.2. The molecular weight excluding hydrogens is 350 g/mol. The minimum absolute atomic E-state index is 0.701. The van der Waals surface area contributed by atoms with Crippen molar-refractivity contribution in [3.63, 3.8) is 0 Å². The van der Waals surface area contributed by atoms with Crippen LogP contribution in [0.1, 0.15) is 10.4 Å². The second kappa shape index (κ2) is 8.05. The Morgan fingerprint density at radius 1 is 1.29 bits per heavy atom. The van der Waals surface area contributed by atoms with E-state index in [1.807, 2.05) is 24.3 Å². The third-order valence-corrected chi connectivity index (χ3v) is 4.41. The third-order valence-electron chi connectivity index (χ3n) is 2.91. The molecule has 0 saturated carbocycles. The summed E-state index contributed by atoms with van der Waals surface area (Å²) in [6, 6.07) is 10.2. The van der Waals surface area contributed by atoms with Crippen molar-refractivity contribution in [2.24, 2.45) is 4.99 Å². The molecule has 0 unspecified atom stereocenters. The fraction of sp³-hybridized carbons (Fsp3) is 0.267. The molecule has 2 N–H and O–H groups in total. The van der Waals surface area contributed by atoms with Crippen LogP contribution in [0.2, 0.25) is 0 Å². The number of nitrogens with zero attached hydrogens (tertiary/aromatic N) is 1. The van der Waals surface area contributed by atoms with Gasteiger partial charge in [-0.25, -0.2) is 0 Å². The molecule has 0 radical (unpaired) electrons. The smallest absolute Gasteiger partial charge is 0.191 e. The molecule has 2 aromatic rings. The molecule has 2 rings (SSSR count). The molecule has 0 atom stereocenters. The molecule has 0 aliphatic rings. The Morgan fingerprint density at radius 3 is 2.71 bits per heavy atom. The molecule has 4 nitrogen and oxygen atoms in total. The first kappa shape index (κ1) is 15.9. The maximum atomic E-state index is 5.22. The normalized spacial score (nSPS) is 11.3. The molecular formula is C15H18BrN3OS. The SMILES string of the molecule is CN=C(NCc1ccc(OC)c(Br)c1)NCc1cccs1. The number of halogens is 1. The van der Waals surface area contributed by atoms with Crippen molar-refractivity contribution in [1.82, 2.24) is 10.6 Å². The lowest BCUT2D eigenvalue weighted by Gasteiger charge is -2.12. The molecule has 0 amide bonds. The Bertz CT molecular complexity index is 599. The van der Waals surface area contributed by atoms with E-state index in [-0.39, 0.29) is 0 Å². The third kappa shape index (κ3) is 4.75. The van der Waals surface area contributed by atoms with Gasteiger partial charge in [0.15, 0.2) is 5.96 Å². The molecule has 112 valence electrons. The van der Waals surface area contributed by atoms with Crippen LogP contribution in [0, 0.1) is 0 Å². The zero-order chi connectivity index (χ0) is 15.1. The number of nitrogens with one attached hydrogen (secondary N) is 2. The zero-order valence-electron chi connectivity index (χ0n) is 12.0. The Morgan fingerprint density at radius 2 is 2.10 bits per heavy atom. The van der Waals surface area contributed by atoms with Gasteiger partial charge in [-0.1, -0.05) is 12.1 Å². The number of hydrogen-bond donors (Lipinski definition) is 2. The van der Waals surface area contributed by atoms with Crippen LogP contribution >= 0.6 is 27.3 Å². The number of benzene rings is 1. The predicted molar refractivity (Wildman–Crippen MR) is 92.1 cm³/mol. The summed E-state index contributed by atoms with van der Waals surface area (Å²) in [4.78, 5) is 5.50. The largest absolute Gasteiger partial charge is 0.496 e. The molecule has 0 aliphatic heterocycles. The molecule has 0 spiro atoms. The molecule has 1 aromatic heterocycles. The number of guanidine groups is 1. The number of ether oxygens (including phenoxy) is 1. The van der Waals surface area contributed by atoms with E-state index in [0.717, 1.165) is 28.3 Å². The van der Waals surface area contributed by atoms with Crippen molar-refractivity contribution in [3.8, 4) is 5.75 Å². The van der Waals surface area contributed by atoms with Gasteiger partial charge in [-0.2, -0.15) is 0 Å². The summed E-state index contributed by atoms with van der Waals surface area (Å²) >= 11 is 5.22. The minimum atomic E-state index is 0.701. The van der Waals surface area contributed by atoms with Crippen molar-refractivity contribution >= 4 is 33.2 Å². The molecule has 0 bridgehead atoms. The zero-order valence-corrected chi connectivity index (χ0v) is 14.4. The van der Waals surface area contributed by atoms with Crippen LogP contribution in [0.5, 0.6) is 5.75 Å². The van der Waals surface area contributed by atoms with Gasteiger partial charge in [0.25, 0.3) is 0 Å². The van der Waals surface area contributed by atoms with Crippen molar-refractivity contribution in [3.05, 3.63) is 50.6 Å². The van der Waals surface area contributed by atoms with Crippen LogP contribution in [0.25, 0.3) is 0 Å². The Balaban J connectivity index is 1.86. The average Bonchev–Trinajstić information content (AvgIpc) is 3.01. The molecule has 1 heterocycles. The average molecular weight is 368 g/mol. The van der Waals surface area contributed by atoms with Gasteiger partial charge in [-0.15, -0.1) is 11.3 Å². The lowest BCUT2D eigenvalue weighted by atomic mass is 10.2. The summed E-state index contributed by atoms with van der Waals surface area (Å²) in [6.07, 6.45) is 0.